The molecule has 0 bridgehead atoms. The van der Waals surface area contributed by atoms with Crippen LogP contribution in [0.3, 0.4) is 0 Å². The van der Waals surface area contributed by atoms with Gasteiger partial charge < -0.3 is 0 Å². The molecule has 7 rings (SSSR count). The zero-order valence-electron chi connectivity index (χ0n) is 38.8. The van der Waals surface area contributed by atoms with E-state index in [4.69, 9.17) is 21.8 Å². The van der Waals surface area contributed by atoms with Crippen LogP contribution in [0.2, 0.25) is 0 Å². The average Bonchev–Trinajstić information content (AvgIpc) is 3.98. The molecule has 61 heavy (non-hydrogen) atoms. The Morgan fingerprint density at radius 2 is 0.639 bits per heavy atom. The normalized spacial score (nSPS) is 12.8. The van der Waals surface area contributed by atoms with E-state index in [1.165, 1.54) is 11.1 Å². The van der Waals surface area contributed by atoms with Crippen molar-refractivity contribution in [3.8, 4) is 63.2 Å². The van der Waals surface area contributed by atoms with Gasteiger partial charge in [0.1, 0.15) is 17.1 Å². The summed E-state index contributed by atoms with van der Waals surface area (Å²) in [7, 11) is 0. The minimum atomic E-state index is -0.151. The summed E-state index contributed by atoms with van der Waals surface area (Å²) in [4.78, 5) is 0. The van der Waals surface area contributed by atoms with Crippen molar-refractivity contribution in [2.24, 2.45) is 0 Å². The lowest BCUT2D eigenvalue weighted by atomic mass is 9.79. The van der Waals surface area contributed by atoms with E-state index in [2.05, 4.69) is 192 Å². The molecule has 0 atom stereocenters. The summed E-state index contributed by atoms with van der Waals surface area (Å²) in [5.41, 5.74) is 14.3. The SMILES string of the molecule is C#Cc1cc(-n2cc(-c3cc(-n4cc(-c5cc(-n6cc(-c7cc(C(C)(C)C)cc(C(C)(C)C)c7)nn6)cc(C(C)(C)C)c5)nn4)cc(C(C)(C)C)c3)nn2)cc(C(C)(C)C)c1. The number of rotatable bonds is 6. The summed E-state index contributed by atoms with van der Waals surface area (Å²) in [6.45, 7) is 33.3. The Balaban J connectivity index is 1.27. The van der Waals surface area contributed by atoms with Gasteiger partial charge in [-0.3, -0.25) is 0 Å². The number of terminal acetylenes is 1. The summed E-state index contributed by atoms with van der Waals surface area (Å²) in [5.74, 6) is 2.81. The maximum atomic E-state index is 5.87. The average molecular weight is 812 g/mol. The first-order valence-corrected chi connectivity index (χ1v) is 21.1. The Bertz CT molecular complexity index is 2750. The molecule has 3 heterocycles. The maximum absolute atomic E-state index is 5.87. The second-order valence-electron chi connectivity index (χ2n) is 21.6. The fourth-order valence-electron chi connectivity index (χ4n) is 7.12. The third-order valence-corrected chi connectivity index (χ3v) is 11.3. The first-order valence-electron chi connectivity index (χ1n) is 21.1. The molecule has 9 heteroatoms. The largest absolute Gasteiger partial charge is 0.220 e. The molecule has 0 amide bonds. The van der Waals surface area contributed by atoms with Crippen molar-refractivity contribution < 1.29 is 0 Å². The van der Waals surface area contributed by atoms with E-state index in [1.807, 2.05) is 34.0 Å². The van der Waals surface area contributed by atoms with Gasteiger partial charge in [-0.2, -0.15) is 0 Å². The minimum Gasteiger partial charge on any atom is -0.220 e. The number of hydrogen-bond donors (Lipinski definition) is 0. The number of nitrogens with zero attached hydrogens (tertiary/aromatic N) is 9. The molecule has 0 fully saturated rings. The van der Waals surface area contributed by atoms with Gasteiger partial charge in [0.15, 0.2) is 0 Å². The molecule has 0 aliphatic carbocycles. The van der Waals surface area contributed by atoms with Gasteiger partial charge in [0, 0.05) is 22.3 Å². The lowest BCUT2D eigenvalue weighted by Crippen LogP contribution is -2.16. The van der Waals surface area contributed by atoms with E-state index in [0.717, 1.165) is 73.1 Å². The number of aromatic nitrogens is 9. The second-order valence-corrected chi connectivity index (χ2v) is 21.6. The second kappa shape index (κ2) is 15.1. The lowest BCUT2D eigenvalue weighted by Gasteiger charge is -2.26. The summed E-state index contributed by atoms with van der Waals surface area (Å²) < 4.78 is 5.51. The maximum Gasteiger partial charge on any atom is 0.113 e. The summed E-state index contributed by atoms with van der Waals surface area (Å²) in [5, 5.41) is 28.0. The number of hydrogen-bond acceptors (Lipinski definition) is 6. The highest BCUT2D eigenvalue weighted by molar-refractivity contribution is 5.68. The van der Waals surface area contributed by atoms with E-state index in [1.54, 1.807) is 4.68 Å². The molecule has 0 saturated carbocycles. The van der Waals surface area contributed by atoms with E-state index < -0.39 is 0 Å². The highest BCUT2D eigenvalue weighted by Gasteiger charge is 2.24. The van der Waals surface area contributed by atoms with Crippen molar-refractivity contribution >= 4 is 0 Å². The summed E-state index contributed by atoms with van der Waals surface area (Å²) >= 11 is 0. The zero-order chi connectivity index (χ0) is 44.4. The molecule has 3 aromatic heterocycles. The topological polar surface area (TPSA) is 92.1 Å². The molecule has 4 aromatic carbocycles. The van der Waals surface area contributed by atoms with Crippen molar-refractivity contribution in [3.63, 3.8) is 0 Å². The Labute approximate surface area is 362 Å². The minimum absolute atomic E-state index is 0.0121. The summed E-state index contributed by atoms with van der Waals surface area (Å²) in [6, 6.07) is 26.0. The molecule has 0 radical (unpaired) electrons. The first kappa shape index (κ1) is 43.0. The van der Waals surface area contributed by atoms with Gasteiger partial charge in [0.05, 0.1) is 35.7 Å². The molecular formula is C52H61N9. The van der Waals surface area contributed by atoms with E-state index in [9.17, 15) is 0 Å². The predicted molar refractivity (Wildman–Crippen MR) is 249 cm³/mol. The van der Waals surface area contributed by atoms with Crippen molar-refractivity contribution in [2.75, 3.05) is 0 Å². The van der Waals surface area contributed by atoms with Gasteiger partial charge in [-0.1, -0.05) is 131 Å². The van der Waals surface area contributed by atoms with Gasteiger partial charge in [0.25, 0.3) is 0 Å². The van der Waals surface area contributed by atoms with Crippen LogP contribution in [0.15, 0.2) is 91.4 Å². The highest BCUT2D eigenvalue weighted by Crippen LogP contribution is 2.36. The molecule has 0 aliphatic rings. The van der Waals surface area contributed by atoms with E-state index in [0.29, 0.717) is 0 Å². The molecule has 0 aliphatic heterocycles. The Morgan fingerprint density at radius 1 is 0.361 bits per heavy atom. The number of benzene rings is 4. The van der Waals surface area contributed by atoms with Gasteiger partial charge in [-0.25, -0.2) is 14.0 Å². The third-order valence-electron chi connectivity index (χ3n) is 11.3. The molecule has 0 saturated heterocycles. The van der Waals surface area contributed by atoms with Crippen LogP contribution < -0.4 is 0 Å². The smallest absolute Gasteiger partial charge is 0.113 e. The predicted octanol–water partition coefficient (Wildman–Crippen LogP) is 11.9. The van der Waals surface area contributed by atoms with Crippen LogP contribution in [-0.2, 0) is 27.1 Å². The van der Waals surface area contributed by atoms with Crippen LogP contribution in [-0.4, -0.2) is 45.0 Å². The fourth-order valence-corrected chi connectivity index (χ4v) is 7.12. The molecule has 7 aromatic rings. The van der Waals surface area contributed by atoms with Crippen LogP contribution in [0, 0.1) is 12.3 Å². The monoisotopic (exact) mass is 812 g/mol. The van der Waals surface area contributed by atoms with Crippen molar-refractivity contribution in [1.29, 1.82) is 0 Å². The van der Waals surface area contributed by atoms with Crippen LogP contribution in [0.4, 0.5) is 0 Å². The van der Waals surface area contributed by atoms with Crippen molar-refractivity contribution in [1.82, 2.24) is 45.0 Å². The van der Waals surface area contributed by atoms with Crippen molar-refractivity contribution in [3.05, 3.63) is 125 Å². The zero-order valence-corrected chi connectivity index (χ0v) is 38.8. The van der Waals surface area contributed by atoms with Crippen LogP contribution in [0.25, 0.3) is 50.8 Å². The molecule has 0 spiro atoms. The Morgan fingerprint density at radius 3 is 0.951 bits per heavy atom. The third kappa shape index (κ3) is 9.29. The molecule has 0 unspecified atom stereocenters. The van der Waals surface area contributed by atoms with Gasteiger partial charge in [-0.05, 0) is 122 Å². The molecular weight excluding hydrogens is 751 g/mol. The van der Waals surface area contributed by atoms with E-state index in [-0.39, 0.29) is 27.1 Å². The van der Waals surface area contributed by atoms with Gasteiger partial charge in [-0.15, -0.1) is 21.7 Å². The standard InChI is InChI=1S/C52H61N9/c1-17-33-18-37(48(2,3)4)27-42(19-33)59-31-46(54-56-59)35-22-40(51(11,12)13)29-44(24-35)61-32-47(55-58-61)36-23-41(52(14,15)16)28-43(25-36)60-30-45(53-57-60)34-20-38(49(5,6)7)26-39(21-34)50(8,9)10/h1,18-32H,2-16H3. The molecule has 9 nitrogen and oxygen atoms in total. The van der Waals surface area contributed by atoms with Crippen LogP contribution in [0.5, 0.6) is 0 Å². The summed E-state index contributed by atoms with van der Waals surface area (Å²) in [6.07, 6.45) is 11.8. The fraction of sp³-hybridized carbons (Fsp3) is 0.385. The van der Waals surface area contributed by atoms with Crippen LogP contribution in [0.1, 0.15) is 137 Å². The highest BCUT2D eigenvalue weighted by atomic mass is 15.4. The van der Waals surface area contributed by atoms with Gasteiger partial charge in [0.2, 0.25) is 0 Å². The van der Waals surface area contributed by atoms with Crippen molar-refractivity contribution in [2.45, 2.75) is 131 Å². The lowest BCUT2D eigenvalue weighted by molar-refractivity contribution is 0.569. The van der Waals surface area contributed by atoms with Gasteiger partial charge >= 0.3 is 0 Å². The molecule has 314 valence electrons. The quantitative estimate of drug-likeness (QED) is 0.155. The first-order chi connectivity index (χ1) is 28.3. The molecule has 0 N–H and O–H groups in total. The van der Waals surface area contributed by atoms with Crippen LogP contribution >= 0.6 is 0 Å². The Hall–Kier alpha value is -6.14. The van der Waals surface area contributed by atoms with E-state index >= 15 is 0 Å². The Kier molecular flexibility index (Phi) is 10.6.